The average Bonchev–Trinajstić information content (AvgIpc) is 2.95. The molecule has 1 unspecified atom stereocenters. The molecule has 24 heavy (non-hydrogen) atoms. The maximum absolute atomic E-state index is 13.1. The van der Waals surface area contributed by atoms with E-state index in [1.165, 1.54) is 17.0 Å². The highest BCUT2D eigenvalue weighted by Crippen LogP contribution is 2.36. The Morgan fingerprint density at radius 3 is 2.75 bits per heavy atom. The zero-order valence-corrected chi connectivity index (χ0v) is 13.6. The van der Waals surface area contributed by atoms with Crippen molar-refractivity contribution in [2.45, 2.75) is 39.0 Å². The van der Waals surface area contributed by atoms with E-state index >= 15 is 0 Å². The highest BCUT2D eigenvalue weighted by atomic mass is 19.4. The molecule has 1 aromatic rings. The summed E-state index contributed by atoms with van der Waals surface area (Å²) in [5.74, 6) is -0.228. The molecular weight excluding hydrogens is 325 g/mol. The van der Waals surface area contributed by atoms with Crippen molar-refractivity contribution in [3.8, 4) is 5.75 Å². The Kier molecular flexibility index (Phi) is 5.56. The molecule has 2 heterocycles. The van der Waals surface area contributed by atoms with E-state index in [4.69, 9.17) is 9.84 Å². The summed E-state index contributed by atoms with van der Waals surface area (Å²) < 4.78 is 44.9. The first-order chi connectivity index (χ1) is 11.2. The van der Waals surface area contributed by atoms with Crippen LogP contribution in [-0.4, -0.2) is 40.3 Å². The van der Waals surface area contributed by atoms with Crippen molar-refractivity contribution in [2.75, 3.05) is 13.1 Å². The van der Waals surface area contributed by atoms with Gasteiger partial charge in [0, 0.05) is 25.2 Å². The molecule has 2 atom stereocenters. The number of carbonyl (C=O) groups is 1. The van der Waals surface area contributed by atoms with Gasteiger partial charge in [0.25, 0.3) is 0 Å². The lowest BCUT2D eigenvalue weighted by molar-refractivity contribution is -0.143. The molecule has 0 aliphatic carbocycles. The Labute approximate surface area is 138 Å². The molecule has 1 fully saturated rings. The van der Waals surface area contributed by atoms with Crippen LogP contribution in [-0.2, 0) is 6.18 Å². The number of aromatic nitrogens is 1. The standard InChI is InChI=1S/C16H21F3N2O3/c1-10(2)8-13(11-5-7-21(9-11)15(22)23)24-12-4-3-6-20-14(12)16(17,18)19/h3-4,6,10-11,13H,5,7-9H2,1-2H3,(H,22,23)/t11-,13?/m0/s1. The van der Waals surface area contributed by atoms with Crippen molar-refractivity contribution in [2.24, 2.45) is 11.8 Å². The van der Waals surface area contributed by atoms with Gasteiger partial charge in [-0.25, -0.2) is 9.78 Å². The third-order valence-corrected chi connectivity index (χ3v) is 4.04. The Hall–Kier alpha value is -1.99. The predicted octanol–water partition coefficient (Wildman–Crippen LogP) is 3.89. The van der Waals surface area contributed by atoms with Crippen molar-refractivity contribution in [1.82, 2.24) is 9.88 Å². The van der Waals surface area contributed by atoms with Crippen molar-refractivity contribution in [3.63, 3.8) is 0 Å². The fourth-order valence-electron chi connectivity index (χ4n) is 2.93. The molecule has 134 valence electrons. The summed E-state index contributed by atoms with van der Waals surface area (Å²) in [6, 6.07) is 2.66. The molecule has 1 N–H and O–H groups in total. The van der Waals surface area contributed by atoms with Gasteiger partial charge in [0.05, 0.1) is 0 Å². The van der Waals surface area contributed by atoms with Gasteiger partial charge in [-0.1, -0.05) is 13.8 Å². The fraction of sp³-hybridized carbons (Fsp3) is 0.625. The molecule has 1 saturated heterocycles. The number of alkyl halides is 3. The summed E-state index contributed by atoms with van der Waals surface area (Å²) in [5.41, 5.74) is -1.05. The summed E-state index contributed by atoms with van der Waals surface area (Å²) in [4.78, 5) is 15.7. The van der Waals surface area contributed by atoms with Crippen LogP contribution < -0.4 is 4.74 Å². The molecule has 1 amide bonds. The minimum Gasteiger partial charge on any atom is -0.488 e. The van der Waals surface area contributed by atoms with Gasteiger partial charge in [-0.3, -0.25) is 0 Å². The average molecular weight is 346 g/mol. The largest absolute Gasteiger partial charge is 0.488 e. The van der Waals surface area contributed by atoms with Gasteiger partial charge < -0.3 is 14.7 Å². The van der Waals surface area contributed by atoms with Gasteiger partial charge >= 0.3 is 12.3 Å². The number of halogens is 3. The highest BCUT2D eigenvalue weighted by Gasteiger charge is 2.39. The van der Waals surface area contributed by atoms with E-state index in [0.717, 1.165) is 6.20 Å². The van der Waals surface area contributed by atoms with Crippen LogP contribution in [0.3, 0.4) is 0 Å². The van der Waals surface area contributed by atoms with Crippen LogP contribution in [0.5, 0.6) is 5.75 Å². The van der Waals surface area contributed by atoms with E-state index in [2.05, 4.69) is 4.98 Å². The molecule has 1 aromatic heterocycles. The monoisotopic (exact) mass is 346 g/mol. The summed E-state index contributed by atoms with van der Waals surface area (Å²) in [6.45, 7) is 4.55. The number of hydrogen-bond donors (Lipinski definition) is 1. The Morgan fingerprint density at radius 2 is 2.21 bits per heavy atom. The lowest BCUT2D eigenvalue weighted by Crippen LogP contribution is -2.33. The zero-order chi connectivity index (χ0) is 17.9. The second-order valence-electron chi connectivity index (χ2n) is 6.41. The van der Waals surface area contributed by atoms with E-state index in [1.54, 1.807) is 0 Å². The normalized spacial score (nSPS) is 19.6. The quantitative estimate of drug-likeness (QED) is 0.878. The topological polar surface area (TPSA) is 62.7 Å². The lowest BCUT2D eigenvalue weighted by Gasteiger charge is -2.27. The molecule has 0 spiro atoms. The molecule has 1 aliphatic heterocycles. The van der Waals surface area contributed by atoms with Crippen molar-refractivity contribution < 1.29 is 27.8 Å². The number of pyridine rings is 1. The van der Waals surface area contributed by atoms with Crippen LogP contribution in [0, 0.1) is 11.8 Å². The summed E-state index contributed by atoms with van der Waals surface area (Å²) in [5, 5.41) is 9.06. The first-order valence-electron chi connectivity index (χ1n) is 7.85. The van der Waals surface area contributed by atoms with E-state index < -0.39 is 24.1 Å². The summed E-state index contributed by atoms with van der Waals surface area (Å²) in [6.07, 6.45) is -3.90. The van der Waals surface area contributed by atoms with Gasteiger partial charge in [-0.15, -0.1) is 0 Å². The van der Waals surface area contributed by atoms with Crippen LogP contribution in [0.4, 0.5) is 18.0 Å². The number of nitrogens with zero attached hydrogens (tertiary/aromatic N) is 2. The second kappa shape index (κ2) is 7.27. The minimum absolute atomic E-state index is 0.134. The highest BCUT2D eigenvalue weighted by molar-refractivity contribution is 5.65. The number of hydrogen-bond acceptors (Lipinski definition) is 3. The molecular formula is C16H21F3N2O3. The van der Waals surface area contributed by atoms with E-state index in [-0.39, 0.29) is 24.1 Å². The number of carboxylic acid groups (broad SMARTS) is 1. The maximum atomic E-state index is 13.1. The smallest absolute Gasteiger partial charge is 0.437 e. The molecule has 0 aromatic carbocycles. The van der Waals surface area contributed by atoms with Crippen molar-refractivity contribution in [1.29, 1.82) is 0 Å². The van der Waals surface area contributed by atoms with Gasteiger partial charge in [0.2, 0.25) is 0 Å². The zero-order valence-electron chi connectivity index (χ0n) is 13.6. The molecule has 0 saturated carbocycles. The first-order valence-corrected chi connectivity index (χ1v) is 7.85. The number of rotatable bonds is 5. The molecule has 2 rings (SSSR count). The number of amides is 1. The Bertz CT molecular complexity index is 578. The maximum Gasteiger partial charge on any atom is 0.437 e. The van der Waals surface area contributed by atoms with Gasteiger partial charge in [0.15, 0.2) is 11.4 Å². The van der Waals surface area contributed by atoms with Crippen LogP contribution in [0.15, 0.2) is 18.3 Å². The number of ether oxygens (including phenoxy) is 1. The summed E-state index contributed by atoms with van der Waals surface area (Å²) >= 11 is 0. The molecule has 1 aliphatic rings. The molecule has 5 nitrogen and oxygen atoms in total. The SMILES string of the molecule is CC(C)CC(Oc1cccnc1C(F)(F)F)[C@H]1CCN(C(=O)O)C1. The van der Waals surface area contributed by atoms with E-state index in [9.17, 15) is 18.0 Å². The van der Waals surface area contributed by atoms with Gasteiger partial charge in [-0.2, -0.15) is 13.2 Å². The van der Waals surface area contributed by atoms with E-state index in [0.29, 0.717) is 19.4 Å². The third-order valence-electron chi connectivity index (χ3n) is 4.04. The molecule has 0 radical (unpaired) electrons. The van der Waals surface area contributed by atoms with E-state index in [1.807, 2.05) is 13.8 Å². The van der Waals surface area contributed by atoms with Crippen LogP contribution in [0.1, 0.15) is 32.4 Å². The van der Waals surface area contributed by atoms with Gasteiger partial charge in [-0.05, 0) is 30.9 Å². The third kappa shape index (κ3) is 4.52. The van der Waals surface area contributed by atoms with Crippen molar-refractivity contribution >= 4 is 6.09 Å². The Morgan fingerprint density at radius 1 is 1.50 bits per heavy atom. The fourth-order valence-corrected chi connectivity index (χ4v) is 2.93. The second-order valence-corrected chi connectivity index (χ2v) is 6.41. The van der Waals surface area contributed by atoms with Crippen LogP contribution >= 0.6 is 0 Å². The molecule has 0 bridgehead atoms. The van der Waals surface area contributed by atoms with Crippen molar-refractivity contribution in [3.05, 3.63) is 24.0 Å². The number of likely N-dealkylation sites (tertiary alicyclic amines) is 1. The first kappa shape index (κ1) is 18.4. The Balaban J connectivity index is 2.20. The van der Waals surface area contributed by atoms with Gasteiger partial charge in [0.1, 0.15) is 6.10 Å². The lowest BCUT2D eigenvalue weighted by atomic mass is 9.93. The van der Waals surface area contributed by atoms with Crippen LogP contribution in [0.2, 0.25) is 0 Å². The van der Waals surface area contributed by atoms with Crippen LogP contribution in [0.25, 0.3) is 0 Å². The molecule has 8 heteroatoms. The predicted molar refractivity (Wildman–Crippen MR) is 80.8 cm³/mol. The summed E-state index contributed by atoms with van der Waals surface area (Å²) in [7, 11) is 0. The minimum atomic E-state index is -4.60.